The van der Waals surface area contributed by atoms with Crippen molar-refractivity contribution in [2.24, 2.45) is 11.7 Å². The van der Waals surface area contributed by atoms with Crippen LogP contribution in [0.2, 0.25) is 0 Å². The first-order valence-corrected chi connectivity index (χ1v) is 5.89. The molecule has 1 aromatic heterocycles. The van der Waals surface area contributed by atoms with Crippen LogP contribution in [0.3, 0.4) is 0 Å². The van der Waals surface area contributed by atoms with E-state index in [2.05, 4.69) is 22.4 Å². The summed E-state index contributed by atoms with van der Waals surface area (Å²) in [7, 11) is 0. The Hall–Kier alpha value is -1.40. The smallest absolute Gasteiger partial charge is 0.232 e. The topological polar surface area (TPSA) is 93.0 Å². The second kappa shape index (κ2) is 5.29. The zero-order valence-corrected chi connectivity index (χ0v) is 9.90. The Kier molecular flexibility index (Phi) is 3.75. The standard InChI is InChI=1S/C11H18N4O2/c1-2-3-7-4-10(15-14-7)13-11(16)8-5-17-6-9(8)12/h4,8-9H,2-3,5-6,12H2,1H3,(H2,13,14,15,16). The molecule has 0 saturated carbocycles. The number of carbonyl (C=O) groups excluding carboxylic acids is 1. The van der Waals surface area contributed by atoms with E-state index in [-0.39, 0.29) is 17.9 Å². The van der Waals surface area contributed by atoms with Crippen LogP contribution in [0.15, 0.2) is 6.07 Å². The van der Waals surface area contributed by atoms with E-state index in [4.69, 9.17) is 10.5 Å². The fourth-order valence-electron chi connectivity index (χ4n) is 1.88. The van der Waals surface area contributed by atoms with Gasteiger partial charge in [0, 0.05) is 17.8 Å². The first-order chi connectivity index (χ1) is 8.20. The number of nitrogens with two attached hydrogens (primary N) is 1. The molecule has 1 aliphatic heterocycles. The van der Waals surface area contributed by atoms with E-state index in [0.29, 0.717) is 19.0 Å². The normalized spacial score (nSPS) is 23.9. The van der Waals surface area contributed by atoms with Gasteiger partial charge in [0.25, 0.3) is 0 Å². The number of ether oxygens (including phenoxy) is 1. The van der Waals surface area contributed by atoms with Gasteiger partial charge >= 0.3 is 0 Å². The van der Waals surface area contributed by atoms with Gasteiger partial charge in [-0.05, 0) is 6.42 Å². The number of hydrogen-bond acceptors (Lipinski definition) is 4. The molecule has 0 spiro atoms. The number of amides is 1. The SMILES string of the molecule is CCCc1cc(NC(=O)C2COCC2N)n[nH]1. The highest BCUT2D eigenvalue weighted by molar-refractivity contribution is 5.92. The number of carbonyl (C=O) groups is 1. The Morgan fingerprint density at radius 2 is 2.53 bits per heavy atom. The predicted octanol–water partition coefficient (Wildman–Crippen LogP) is 0.274. The number of nitrogens with one attached hydrogen (secondary N) is 2. The first-order valence-electron chi connectivity index (χ1n) is 5.89. The molecule has 1 aromatic rings. The third-order valence-corrected chi connectivity index (χ3v) is 2.86. The van der Waals surface area contributed by atoms with E-state index in [1.54, 1.807) is 0 Å². The van der Waals surface area contributed by atoms with Gasteiger partial charge in [0.1, 0.15) is 0 Å². The molecule has 0 bridgehead atoms. The van der Waals surface area contributed by atoms with Crippen molar-refractivity contribution in [2.75, 3.05) is 18.5 Å². The summed E-state index contributed by atoms with van der Waals surface area (Å²) in [6.45, 7) is 2.92. The van der Waals surface area contributed by atoms with Crippen molar-refractivity contribution in [3.63, 3.8) is 0 Å². The number of aromatic amines is 1. The molecule has 0 aromatic carbocycles. The molecule has 2 atom stereocenters. The minimum absolute atomic E-state index is 0.121. The molecule has 6 nitrogen and oxygen atoms in total. The zero-order chi connectivity index (χ0) is 12.3. The number of hydrogen-bond donors (Lipinski definition) is 3. The molecule has 1 aliphatic rings. The van der Waals surface area contributed by atoms with E-state index in [0.717, 1.165) is 18.5 Å². The third kappa shape index (κ3) is 2.83. The van der Waals surface area contributed by atoms with Crippen LogP contribution in [-0.4, -0.2) is 35.4 Å². The summed E-state index contributed by atoms with van der Waals surface area (Å²) in [6.07, 6.45) is 1.96. The van der Waals surface area contributed by atoms with Crippen LogP contribution in [0.25, 0.3) is 0 Å². The average molecular weight is 238 g/mol. The van der Waals surface area contributed by atoms with Gasteiger partial charge in [-0.2, -0.15) is 5.10 Å². The van der Waals surface area contributed by atoms with E-state index in [9.17, 15) is 4.79 Å². The number of anilines is 1. The second-order valence-electron chi connectivity index (χ2n) is 4.33. The molecule has 94 valence electrons. The second-order valence-corrected chi connectivity index (χ2v) is 4.33. The number of rotatable bonds is 4. The van der Waals surface area contributed by atoms with Crippen LogP contribution >= 0.6 is 0 Å². The van der Waals surface area contributed by atoms with E-state index in [1.165, 1.54) is 0 Å². The lowest BCUT2D eigenvalue weighted by Crippen LogP contribution is -2.37. The summed E-state index contributed by atoms with van der Waals surface area (Å²) in [4.78, 5) is 11.9. The van der Waals surface area contributed by atoms with Gasteiger partial charge in [0.15, 0.2) is 5.82 Å². The fourth-order valence-corrected chi connectivity index (χ4v) is 1.88. The van der Waals surface area contributed by atoms with Gasteiger partial charge in [0.2, 0.25) is 5.91 Å². The third-order valence-electron chi connectivity index (χ3n) is 2.86. The van der Waals surface area contributed by atoms with Crippen molar-refractivity contribution >= 4 is 11.7 Å². The molecule has 2 unspecified atom stereocenters. The molecule has 2 heterocycles. The Labute approximate surface area is 99.9 Å². The summed E-state index contributed by atoms with van der Waals surface area (Å²) in [5.41, 5.74) is 6.80. The van der Waals surface area contributed by atoms with Crippen LogP contribution < -0.4 is 11.1 Å². The minimum Gasteiger partial charge on any atom is -0.379 e. The van der Waals surface area contributed by atoms with Crippen molar-refractivity contribution in [1.82, 2.24) is 10.2 Å². The Morgan fingerprint density at radius 1 is 1.71 bits per heavy atom. The van der Waals surface area contributed by atoms with Crippen molar-refractivity contribution in [2.45, 2.75) is 25.8 Å². The molecule has 1 fully saturated rings. The molecule has 0 aliphatic carbocycles. The summed E-state index contributed by atoms with van der Waals surface area (Å²) in [5.74, 6) is 0.156. The quantitative estimate of drug-likeness (QED) is 0.702. The summed E-state index contributed by atoms with van der Waals surface area (Å²) in [5, 5.41) is 9.67. The molecule has 1 saturated heterocycles. The maximum atomic E-state index is 11.9. The fraction of sp³-hybridized carbons (Fsp3) is 0.636. The van der Waals surface area contributed by atoms with Crippen molar-refractivity contribution in [3.05, 3.63) is 11.8 Å². The molecule has 6 heteroatoms. The van der Waals surface area contributed by atoms with Gasteiger partial charge in [-0.15, -0.1) is 0 Å². The van der Waals surface area contributed by atoms with Gasteiger partial charge < -0.3 is 15.8 Å². The molecule has 0 radical (unpaired) electrons. The van der Waals surface area contributed by atoms with Crippen molar-refractivity contribution in [3.8, 4) is 0 Å². The monoisotopic (exact) mass is 238 g/mol. The van der Waals surface area contributed by atoms with Crippen molar-refractivity contribution in [1.29, 1.82) is 0 Å². The number of aromatic nitrogens is 2. The lowest BCUT2D eigenvalue weighted by atomic mass is 10.0. The Bertz CT molecular complexity index is 391. The predicted molar refractivity (Wildman–Crippen MR) is 63.5 cm³/mol. The molecule has 17 heavy (non-hydrogen) atoms. The van der Waals surface area contributed by atoms with Crippen LogP contribution in [-0.2, 0) is 16.0 Å². The van der Waals surface area contributed by atoms with Gasteiger partial charge in [-0.25, -0.2) is 0 Å². The van der Waals surface area contributed by atoms with E-state index in [1.807, 2.05) is 6.07 Å². The minimum atomic E-state index is -0.277. The van der Waals surface area contributed by atoms with Crippen molar-refractivity contribution < 1.29 is 9.53 Å². The van der Waals surface area contributed by atoms with Crippen LogP contribution in [0.4, 0.5) is 5.82 Å². The maximum absolute atomic E-state index is 11.9. The highest BCUT2D eigenvalue weighted by Gasteiger charge is 2.31. The Balaban J connectivity index is 1.93. The lowest BCUT2D eigenvalue weighted by molar-refractivity contribution is -0.120. The molecular formula is C11H18N4O2. The molecule has 1 amide bonds. The number of nitrogens with zero attached hydrogens (tertiary/aromatic N) is 1. The highest BCUT2D eigenvalue weighted by Crippen LogP contribution is 2.15. The first kappa shape index (κ1) is 12.1. The van der Waals surface area contributed by atoms with E-state index < -0.39 is 0 Å². The molecule has 4 N–H and O–H groups in total. The Morgan fingerprint density at radius 3 is 3.18 bits per heavy atom. The highest BCUT2D eigenvalue weighted by atomic mass is 16.5. The zero-order valence-electron chi connectivity index (χ0n) is 9.90. The molecule has 2 rings (SSSR count). The molecular weight excluding hydrogens is 220 g/mol. The summed E-state index contributed by atoms with van der Waals surface area (Å²) in [6, 6.07) is 1.63. The van der Waals surface area contributed by atoms with Crippen LogP contribution in [0, 0.1) is 5.92 Å². The largest absolute Gasteiger partial charge is 0.379 e. The lowest BCUT2D eigenvalue weighted by Gasteiger charge is -2.11. The number of aryl methyl sites for hydroxylation is 1. The summed E-state index contributed by atoms with van der Waals surface area (Å²) >= 11 is 0. The van der Waals surface area contributed by atoms with Gasteiger partial charge in [-0.1, -0.05) is 13.3 Å². The van der Waals surface area contributed by atoms with Crippen LogP contribution in [0.5, 0.6) is 0 Å². The van der Waals surface area contributed by atoms with Gasteiger partial charge in [-0.3, -0.25) is 9.89 Å². The average Bonchev–Trinajstić information content (AvgIpc) is 2.88. The summed E-state index contributed by atoms with van der Waals surface area (Å²) < 4.78 is 5.16. The van der Waals surface area contributed by atoms with Crippen LogP contribution in [0.1, 0.15) is 19.0 Å². The van der Waals surface area contributed by atoms with E-state index >= 15 is 0 Å². The van der Waals surface area contributed by atoms with Gasteiger partial charge in [0.05, 0.1) is 19.1 Å². The number of H-pyrrole nitrogens is 1. The maximum Gasteiger partial charge on any atom is 0.232 e.